The van der Waals surface area contributed by atoms with Gasteiger partial charge in [0.2, 0.25) is 0 Å². The van der Waals surface area contributed by atoms with E-state index in [1.165, 1.54) is 0 Å². The number of hydrogen-bond acceptors (Lipinski definition) is 5. The molecule has 0 spiro atoms. The van der Waals surface area contributed by atoms with Crippen molar-refractivity contribution in [2.24, 2.45) is 0 Å². The minimum Gasteiger partial charge on any atom is -0.491 e. The van der Waals surface area contributed by atoms with Crippen molar-refractivity contribution in [1.82, 2.24) is 30.0 Å². The molecule has 5 rings (SSSR count). The Morgan fingerprint density at radius 2 is 1.97 bits per heavy atom. The minimum absolute atomic E-state index is 0.622. The van der Waals surface area contributed by atoms with Gasteiger partial charge in [0.15, 0.2) is 0 Å². The molecular weight excluding hydrogens is 376 g/mol. The van der Waals surface area contributed by atoms with E-state index in [1.807, 2.05) is 44.6 Å². The van der Waals surface area contributed by atoms with Gasteiger partial charge in [0, 0.05) is 35.3 Å². The fourth-order valence-electron chi connectivity index (χ4n) is 3.49. The third-order valence-electron chi connectivity index (χ3n) is 5.06. The van der Waals surface area contributed by atoms with E-state index in [0.717, 1.165) is 56.7 Å². The summed E-state index contributed by atoms with van der Waals surface area (Å²) in [6, 6.07) is 14.3. The maximum absolute atomic E-state index is 5.84. The van der Waals surface area contributed by atoms with E-state index in [1.54, 1.807) is 12.4 Å². The minimum atomic E-state index is 0.622. The quantitative estimate of drug-likeness (QED) is 0.450. The van der Waals surface area contributed by atoms with Gasteiger partial charge in [0.25, 0.3) is 0 Å². The molecule has 4 aromatic heterocycles. The second-order valence-corrected chi connectivity index (χ2v) is 7.52. The Bertz CT molecular complexity index is 1290. The molecule has 7 nitrogen and oxygen atoms in total. The summed E-state index contributed by atoms with van der Waals surface area (Å²) < 4.78 is 5.84. The largest absolute Gasteiger partial charge is 0.491 e. The fourth-order valence-corrected chi connectivity index (χ4v) is 3.49. The van der Waals surface area contributed by atoms with Crippen molar-refractivity contribution in [3.63, 3.8) is 0 Å². The number of hydrogen-bond donors (Lipinski definition) is 2. The van der Waals surface area contributed by atoms with Crippen LogP contribution in [0.15, 0.2) is 61.1 Å². The molecule has 0 aliphatic rings. The molecule has 4 heterocycles. The van der Waals surface area contributed by atoms with Crippen LogP contribution in [0.3, 0.4) is 0 Å². The summed E-state index contributed by atoms with van der Waals surface area (Å²) in [5.41, 5.74) is 5.70. The second-order valence-electron chi connectivity index (χ2n) is 7.52. The highest BCUT2D eigenvalue weighted by Gasteiger charge is 2.13. The van der Waals surface area contributed by atoms with Crippen molar-refractivity contribution in [3.8, 4) is 28.3 Å². The van der Waals surface area contributed by atoms with Gasteiger partial charge in [-0.05, 0) is 56.1 Å². The molecule has 5 aromatic rings. The molecule has 0 amide bonds. The summed E-state index contributed by atoms with van der Waals surface area (Å²) in [5.74, 6) is 0.767. The van der Waals surface area contributed by atoms with Crippen LogP contribution in [-0.2, 0) is 0 Å². The monoisotopic (exact) mass is 398 g/mol. The second kappa shape index (κ2) is 7.61. The van der Waals surface area contributed by atoms with Gasteiger partial charge in [-0.15, -0.1) is 0 Å². The molecule has 0 unspecified atom stereocenters. The Labute approximate surface area is 173 Å². The molecule has 0 aliphatic heterocycles. The first kappa shape index (κ1) is 18.3. The number of likely N-dealkylation sites (N-methyl/N-ethyl adjacent to an activating group) is 1. The zero-order chi connectivity index (χ0) is 20.5. The lowest BCUT2D eigenvalue weighted by atomic mass is 10.0. The van der Waals surface area contributed by atoms with Crippen LogP contribution in [0.5, 0.6) is 5.75 Å². The van der Waals surface area contributed by atoms with Gasteiger partial charge >= 0.3 is 0 Å². The number of fused-ring (bicyclic) bond motifs is 2. The number of benzene rings is 1. The number of ether oxygens (including phenoxy) is 1. The van der Waals surface area contributed by atoms with Crippen LogP contribution in [0.2, 0.25) is 0 Å². The highest BCUT2D eigenvalue weighted by molar-refractivity contribution is 5.97. The Kier molecular flexibility index (Phi) is 4.65. The highest BCUT2D eigenvalue weighted by atomic mass is 16.5. The van der Waals surface area contributed by atoms with Crippen molar-refractivity contribution in [2.45, 2.75) is 0 Å². The molecule has 0 bridgehead atoms. The van der Waals surface area contributed by atoms with Gasteiger partial charge in [0.05, 0.1) is 17.4 Å². The van der Waals surface area contributed by atoms with Gasteiger partial charge in [0.1, 0.15) is 23.7 Å². The van der Waals surface area contributed by atoms with Crippen LogP contribution in [0.4, 0.5) is 0 Å². The summed E-state index contributed by atoms with van der Waals surface area (Å²) in [6.45, 7) is 1.48. The predicted molar refractivity (Wildman–Crippen MR) is 118 cm³/mol. The van der Waals surface area contributed by atoms with E-state index in [-0.39, 0.29) is 0 Å². The molecule has 1 aromatic carbocycles. The number of nitrogens with zero attached hydrogens (tertiary/aromatic N) is 4. The number of pyridine rings is 2. The van der Waals surface area contributed by atoms with Crippen LogP contribution in [-0.4, -0.2) is 57.3 Å². The summed E-state index contributed by atoms with van der Waals surface area (Å²) in [7, 11) is 4.05. The van der Waals surface area contributed by atoms with E-state index in [4.69, 9.17) is 4.74 Å². The number of aromatic amines is 2. The lowest BCUT2D eigenvalue weighted by molar-refractivity contribution is 0.261. The van der Waals surface area contributed by atoms with Gasteiger partial charge in [-0.3, -0.25) is 10.1 Å². The SMILES string of the molecule is CN(C)CCOc1cncc(-c2ccc3[nH]nc(-c4cc5cccnc5[nH]4)c3c2)c1. The third kappa shape index (κ3) is 3.51. The van der Waals surface area contributed by atoms with Gasteiger partial charge in [-0.1, -0.05) is 6.07 Å². The van der Waals surface area contributed by atoms with Crippen molar-refractivity contribution in [2.75, 3.05) is 27.2 Å². The predicted octanol–water partition coefficient (Wildman–Crippen LogP) is 4.11. The molecule has 0 saturated heterocycles. The Morgan fingerprint density at radius 1 is 1.03 bits per heavy atom. The number of H-pyrrole nitrogens is 2. The Morgan fingerprint density at radius 3 is 2.83 bits per heavy atom. The average molecular weight is 398 g/mol. The van der Waals surface area contributed by atoms with Crippen LogP contribution >= 0.6 is 0 Å². The molecule has 150 valence electrons. The number of aromatic nitrogens is 5. The summed E-state index contributed by atoms with van der Waals surface area (Å²) in [6.07, 6.45) is 5.38. The van der Waals surface area contributed by atoms with Crippen LogP contribution in [0.1, 0.15) is 0 Å². The van der Waals surface area contributed by atoms with Crippen molar-refractivity contribution in [3.05, 3.63) is 61.1 Å². The molecule has 30 heavy (non-hydrogen) atoms. The average Bonchev–Trinajstić information content (AvgIpc) is 3.37. The maximum Gasteiger partial charge on any atom is 0.138 e. The zero-order valence-electron chi connectivity index (χ0n) is 16.9. The Balaban J connectivity index is 1.50. The first-order chi connectivity index (χ1) is 14.7. The normalized spacial score (nSPS) is 11.6. The van der Waals surface area contributed by atoms with Gasteiger partial charge in [-0.2, -0.15) is 5.10 Å². The molecule has 0 radical (unpaired) electrons. The van der Waals surface area contributed by atoms with E-state index >= 15 is 0 Å². The molecule has 0 atom stereocenters. The van der Waals surface area contributed by atoms with Crippen LogP contribution in [0, 0.1) is 0 Å². The Hall–Kier alpha value is -3.71. The highest BCUT2D eigenvalue weighted by Crippen LogP contribution is 2.32. The maximum atomic E-state index is 5.84. The lowest BCUT2D eigenvalue weighted by Gasteiger charge is -2.11. The van der Waals surface area contributed by atoms with Crippen molar-refractivity contribution < 1.29 is 4.74 Å². The summed E-state index contributed by atoms with van der Waals surface area (Å²) in [5, 5.41) is 9.77. The fraction of sp³-hybridized carbons (Fsp3) is 0.174. The zero-order valence-corrected chi connectivity index (χ0v) is 16.9. The topological polar surface area (TPSA) is 82.7 Å². The van der Waals surface area contributed by atoms with Crippen LogP contribution in [0.25, 0.3) is 44.5 Å². The molecule has 7 heteroatoms. The van der Waals surface area contributed by atoms with E-state index in [2.05, 4.69) is 48.2 Å². The molecule has 2 N–H and O–H groups in total. The summed E-state index contributed by atoms with van der Waals surface area (Å²) >= 11 is 0. The van der Waals surface area contributed by atoms with Gasteiger partial charge < -0.3 is 14.6 Å². The first-order valence-corrected chi connectivity index (χ1v) is 9.82. The number of rotatable bonds is 6. The van der Waals surface area contributed by atoms with E-state index in [9.17, 15) is 0 Å². The van der Waals surface area contributed by atoms with E-state index < -0.39 is 0 Å². The summed E-state index contributed by atoms with van der Waals surface area (Å²) in [4.78, 5) is 14.2. The molecule has 0 aliphatic carbocycles. The van der Waals surface area contributed by atoms with Crippen molar-refractivity contribution >= 4 is 21.9 Å². The molecular formula is C23H22N6O. The lowest BCUT2D eigenvalue weighted by Crippen LogP contribution is -2.19. The standard InChI is InChI=1S/C23H22N6O/c1-29(2)8-9-30-18-10-17(13-24-14-18)15-5-6-20-19(11-15)22(28-27-20)21-12-16-4-3-7-25-23(16)26-21/h3-7,10-14H,8-9H2,1-2H3,(H,25,26)(H,27,28). The molecule has 0 fully saturated rings. The first-order valence-electron chi connectivity index (χ1n) is 9.82. The number of nitrogens with one attached hydrogen (secondary N) is 2. The van der Waals surface area contributed by atoms with Crippen molar-refractivity contribution in [1.29, 1.82) is 0 Å². The molecule has 0 saturated carbocycles. The van der Waals surface area contributed by atoms with Crippen LogP contribution < -0.4 is 4.74 Å². The third-order valence-corrected chi connectivity index (χ3v) is 5.06. The van der Waals surface area contributed by atoms with E-state index in [0.29, 0.717) is 6.61 Å². The van der Waals surface area contributed by atoms with Gasteiger partial charge in [-0.25, -0.2) is 4.98 Å². The smallest absolute Gasteiger partial charge is 0.138 e.